The van der Waals surface area contributed by atoms with Crippen LogP contribution in [0, 0.1) is 21.4 Å². The molecule has 0 saturated carbocycles. The number of nitro groups is 1. The van der Waals surface area contributed by atoms with Gasteiger partial charge in [-0.2, -0.15) is 5.26 Å². The summed E-state index contributed by atoms with van der Waals surface area (Å²) in [5.74, 6) is -1.05. The number of nitrogens with one attached hydrogen (secondary N) is 3. The third kappa shape index (κ3) is 6.54. The monoisotopic (exact) mass is 585 g/mol. The van der Waals surface area contributed by atoms with E-state index in [0.717, 1.165) is 17.3 Å². The second-order valence-electron chi connectivity index (χ2n) is 8.99. The number of rotatable bonds is 10. The molecule has 42 heavy (non-hydrogen) atoms. The summed E-state index contributed by atoms with van der Waals surface area (Å²) in [5.41, 5.74) is 2.00. The minimum absolute atomic E-state index is 0.0195. The van der Waals surface area contributed by atoms with Crippen LogP contribution in [0.15, 0.2) is 94.7 Å². The normalized spacial score (nSPS) is 14.4. The van der Waals surface area contributed by atoms with Crippen molar-refractivity contribution in [1.29, 1.82) is 5.26 Å². The van der Waals surface area contributed by atoms with E-state index < -0.39 is 22.7 Å². The van der Waals surface area contributed by atoms with Crippen LogP contribution in [-0.4, -0.2) is 36.7 Å². The van der Waals surface area contributed by atoms with Crippen molar-refractivity contribution >= 4 is 40.6 Å². The van der Waals surface area contributed by atoms with Crippen molar-refractivity contribution in [3.05, 3.63) is 110 Å². The summed E-state index contributed by atoms with van der Waals surface area (Å²) in [6.07, 6.45) is 0. The van der Waals surface area contributed by atoms with Crippen LogP contribution in [0.3, 0.4) is 0 Å². The molecule has 0 aromatic heterocycles. The van der Waals surface area contributed by atoms with E-state index in [0.29, 0.717) is 27.7 Å². The van der Waals surface area contributed by atoms with Crippen LogP contribution in [0.5, 0.6) is 11.5 Å². The van der Waals surface area contributed by atoms with Crippen molar-refractivity contribution in [1.82, 2.24) is 5.32 Å². The van der Waals surface area contributed by atoms with Gasteiger partial charge in [-0.3, -0.25) is 19.7 Å². The Hall–Kier alpha value is -5.28. The highest BCUT2D eigenvalue weighted by molar-refractivity contribution is 8.03. The number of hydrogen-bond acceptors (Lipinski definition) is 9. The van der Waals surface area contributed by atoms with Crippen molar-refractivity contribution in [2.45, 2.75) is 12.8 Å². The summed E-state index contributed by atoms with van der Waals surface area (Å²) < 4.78 is 10.4. The molecule has 11 nitrogen and oxygen atoms in total. The van der Waals surface area contributed by atoms with Gasteiger partial charge >= 0.3 is 0 Å². The van der Waals surface area contributed by atoms with Crippen LogP contribution in [0.2, 0.25) is 0 Å². The van der Waals surface area contributed by atoms with Crippen LogP contribution in [0.4, 0.5) is 17.1 Å². The largest absolute Gasteiger partial charge is 0.496 e. The Kier molecular flexibility index (Phi) is 9.46. The van der Waals surface area contributed by atoms with E-state index in [-0.39, 0.29) is 28.5 Å². The molecule has 0 saturated heterocycles. The van der Waals surface area contributed by atoms with Gasteiger partial charge in [0, 0.05) is 11.3 Å². The van der Waals surface area contributed by atoms with Gasteiger partial charge < -0.3 is 25.4 Å². The number of carbonyl (C=O) groups is 2. The lowest BCUT2D eigenvalue weighted by Crippen LogP contribution is -2.31. The number of nitrogens with zero attached hydrogens (tertiary/aromatic N) is 2. The second-order valence-corrected chi connectivity index (χ2v) is 9.98. The maximum atomic E-state index is 13.7. The number of anilines is 2. The van der Waals surface area contributed by atoms with Crippen LogP contribution in [-0.2, 0) is 9.59 Å². The smallest absolute Gasteiger partial charge is 0.296 e. The molecule has 0 unspecified atom stereocenters. The van der Waals surface area contributed by atoms with E-state index in [2.05, 4.69) is 22.0 Å². The standard InChI is InChI=1S/C30H27N5O6S/c1-18-27(29(37)34-23-11-7-8-12-25(23)41-3)28(19-9-5-4-6-10-19)21(16-31)30(32-18)42-17-26(36)33-22-14-13-20(40-2)15-24(22)35(38)39/h4-15,28,32H,17H2,1-3H3,(H,33,36)(H,34,37)/t28-/m1/s1. The fourth-order valence-electron chi connectivity index (χ4n) is 4.46. The molecule has 1 aliphatic rings. The number of allylic oxidation sites excluding steroid dienone is 2. The first-order chi connectivity index (χ1) is 20.3. The second kappa shape index (κ2) is 13.4. The summed E-state index contributed by atoms with van der Waals surface area (Å²) in [4.78, 5) is 37.4. The molecule has 4 rings (SSSR count). The van der Waals surface area contributed by atoms with E-state index in [4.69, 9.17) is 9.47 Å². The van der Waals surface area contributed by atoms with Gasteiger partial charge in [-0.1, -0.05) is 54.2 Å². The van der Waals surface area contributed by atoms with Gasteiger partial charge in [-0.15, -0.1) is 0 Å². The summed E-state index contributed by atoms with van der Waals surface area (Å²) >= 11 is 1.06. The molecule has 214 valence electrons. The topological polar surface area (TPSA) is 156 Å². The summed E-state index contributed by atoms with van der Waals surface area (Å²) in [5, 5.41) is 30.8. The Morgan fingerprint density at radius 3 is 2.40 bits per heavy atom. The first-order valence-corrected chi connectivity index (χ1v) is 13.6. The summed E-state index contributed by atoms with van der Waals surface area (Å²) in [6, 6.07) is 22.5. The van der Waals surface area contributed by atoms with Crippen molar-refractivity contribution in [2.75, 3.05) is 30.6 Å². The summed E-state index contributed by atoms with van der Waals surface area (Å²) in [7, 11) is 2.89. The molecular weight excluding hydrogens is 558 g/mol. The highest BCUT2D eigenvalue weighted by Crippen LogP contribution is 2.41. The molecule has 0 spiro atoms. The zero-order valence-electron chi connectivity index (χ0n) is 23.0. The number of amides is 2. The Morgan fingerprint density at radius 2 is 1.74 bits per heavy atom. The first kappa shape index (κ1) is 29.7. The van der Waals surface area contributed by atoms with E-state index in [1.54, 1.807) is 31.2 Å². The molecule has 3 N–H and O–H groups in total. The van der Waals surface area contributed by atoms with Crippen molar-refractivity contribution < 1.29 is 24.0 Å². The third-order valence-corrected chi connectivity index (χ3v) is 7.42. The van der Waals surface area contributed by atoms with Gasteiger partial charge in [-0.05, 0) is 36.8 Å². The van der Waals surface area contributed by atoms with Crippen LogP contribution in [0.1, 0.15) is 18.4 Å². The van der Waals surface area contributed by atoms with Crippen molar-refractivity contribution in [3.63, 3.8) is 0 Å². The number of methoxy groups -OCH3 is 2. The Morgan fingerprint density at radius 1 is 1.02 bits per heavy atom. The average molecular weight is 586 g/mol. The molecule has 0 radical (unpaired) electrons. The number of thioether (sulfide) groups is 1. The molecule has 3 aromatic carbocycles. The maximum absolute atomic E-state index is 13.7. The van der Waals surface area contributed by atoms with Gasteiger partial charge in [0.25, 0.3) is 11.6 Å². The van der Waals surface area contributed by atoms with Crippen LogP contribution in [0.25, 0.3) is 0 Å². The number of carbonyl (C=O) groups excluding carboxylic acids is 2. The molecule has 0 bridgehead atoms. The average Bonchev–Trinajstić information content (AvgIpc) is 3.00. The van der Waals surface area contributed by atoms with Gasteiger partial charge in [0.2, 0.25) is 5.91 Å². The van der Waals surface area contributed by atoms with E-state index in [1.165, 1.54) is 32.4 Å². The zero-order valence-corrected chi connectivity index (χ0v) is 23.8. The number of para-hydroxylation sites is 2. The quantitative estimate of drug-likeness (QED) is 0.212. The third-order valence-electron chi connectivity index (χ3n) is 6.40. The summed E-state index contributed by atoms with van der Waals surface area (Å²) in [6.45, 7) is 1.72. The predicted molar refractivity (Wildman–Crippen MR) is 160 cm³/mol. The van der Waals surface area contributed by atoms with Crippen molar-refractivity contribution in [3.8, 4) is 17.6 Å². The number of nitro benzene ring substituents is 1. The highest BCUT2D eigenvalue weighted by Gasteiger charge is 2.35. The molecule has 2 amide bonds. The van der Waals surface area contributed by atoms with Gasteiger partial charge in [0.15, 0.2) is 0 Å². The molecular formula is C30H27N5O6S. The number of ether oxygens (including phenoxy) is 2. The predicted octanol–water partition coefficient (Wildman–Crippen LogP) is 5.32. The lowest BCUT2D eigenvalue weighted by Gasteiger charge is -2.30. The first-order valence-electron chi connectivity index (χ1n) is 12.6. The Labute approximate surface area is 246 Å². The van der Waals surface area contributed by atoms with E-state index in [1.807, 2.05) is 30.3 Å². The van der Waals surface area contributed by atoms with Gasteiger partial charge in [-0.25, -0.2) is 0 Å². The van der Waals surface area contributed by atoms with Crippen LogP contribution < -0.4 is 25.4 Å². The number of benzene rings is 3. The molecule has 1 aliphatic heterocycles. The Balaban J connectivity index is 1.61. The van der Waals surface area contributed by atoms with E-state index in [9.17, 15) is 25.0 Å². The van der Waals surface area contributed by atoms with Gasteiger partial charge in [0.1, 0.15) is 17.2 Å². The number of nitriles is 1. The maximum Gasteiger partial charge on any atom is 0.296 e. The zero-order chi connectivity index (χ0) is 30.2. The lowest BCUT2D eigenvalue weighted by atomic mass is 9.82. The Bertz CT molecular complexity index is 1630. The molecule has 12 heteroatoms. The molecule has 0 aliphatic carbocycles. The minimum atomic E-state index is -0.722. The molecule has 3 aromatic rings. The SMILES string of the molecule is COc1ccc(NC(=O)CSC2=C(C#N)[C@@H](c3ccccc3)C(C(=O)Nc3ccccc3OC)=C(C)N2)c([N+](=O)[O-])c1. The molecule has 0 fully saturated rings. The fourth-order valence-corrected chi connectivity index (χ4v) is 5.35. The molecule has 1 heterocycles. The lowest BCUT2D eigenvalue weighted by molar-refractivity contribution is -0.384. The van der Waals surface area contributed by atoms with E-state index >= 15 is 0 Å². The van der Waals surface area contributed by atoms with Crippen molar-refractivity contribution in [2.24, 2.45) is 0 Å². The van der Waals surface area contributed by atoms with Crippen LogP contribution >= 0.6 is 11.8 Å². The highest BCUT2D eigenvalue weighted by atomic mass is 32.2. The fraction of sp³-hybridized carbons (Fsp3) is 0.167. The number of dihydropyridines is 1. The minimum Gasteiger partial charge on any atom is -0.496 e. The van der Waals surface area contributed by atoms with Gasteiger partial charge in [0.05, 0.1) is 59.2 Å². The molecule has 1 atom stereocenters. The number of hydrogen-bond donors (Lipinski definition) is 3.